The maximum Gasteiger partial charge on any atom is 0.0876 e. The summed E-state index contributed by atoms with van der Waals surface area (Å²) in [5, 5.41) is 3.50. The van der Waals surface area contributed by atoms with Crippen molar-refractivity contribution in [3.8, 4) is 0 Å². The first-order chi connectivity index (χ1) is 7.61. The van der Waals surface area contributed by atoms with Crippen molar-refractivity contribution in [3.05, 3.63) is 11.8 Å². The van der Waals surface area contributed by atoms with Crippen molar-refractivity contribution < 1.29 is 9.47 Å². The summed E-state index contributed by atoms with van der Waals surface area (Å²) >= 11 is 0. The Kier molecular flexibility index (Phi) is 5.29. The molecule has 0 amide bonds. The van der Waals surface area contributed by atoms with Crippen LogP contribution in [0.15, 0.2) is 11.8 Å². The van der Waals surface area contributed by atoms with Crippen LogP contribution in [0.4, 0.5) is 0 Å². The lowest BCUT2D eigenvalue weighted by Gasteiger charge is -2.37. The quantitative estimate of drug-likeness (QED) is 0.756. The Morgan fingerprint density at radius 3 is 2.75 bits per heavy atom. The summed E-state index contributed by atoms with van der Waals surface area (Å²) in [5.74, 6) is 0. The molecule has 3 nitrogen and oxygen atoms in total. The van der Waals surface area contributed by atoms with Crippen LogP contribution in [-0.2, 0) is 9.47 Å². The summed E-state index contributed by atoms with van der Waals surface area (Å²) in [6.07, 6.45) is 4.13. The first-order valence-corrected chi connectivity index (χ1v) is 6.29. The van der Waals surface area contributed by atoms with Crippen LogP contribution in [0.1, 0.15) is 40.5 Å². The molecule has 1 rings (SSSR count). The van der Waals surface area contributed by atoms with Gasteiger partial charge >= 0.3 is 0 Å². The van der Waals surface area contributed by atoms with Gasteiger partial charge in [0.25, 0.3) is 0 Å². The van der Waals surface area contributed by atoms with E-state index in [0.29, 0.717) is 0 Å². The number of likely N-dealkylation sites (N-methyl/N-ethyl adjacent to an activating group) is 1. The molecule has 1 aliphatic heterocycles. The number of ether oxygens (including phenoxy) is 2. The molecule has 0 aromatic carbocycles. The highest BCUT2D eigenvalue weighted by Crippen LogP contribution is 2.26. The molecule has 1 unspecified atom stereocenters. The summed E-state index contributed by atoms with van der Waals surface area (Å²) in [6.45, 7) is 11.0. The maximum atomic E-state index is 5.84. The Morgan fingerprint density at radius 2 is 2.25 bits per heavy atom. The molecular weight excluding hydrogens is 202 g/mol. The Labute approximate surface area is 99.2 Å². The van der Waals surface area contributed by atoms with Crippen LogP contribution in [-0.4, -0.2) is 31.4 Å². The highest BCUT2D eigenvalue weighted by atomic mass is 16.5. The lowest BCUT2D eigenvalue weighted by Crippen LogP contribution is -2.50. The third-order valence-electron chi connectivity index (χ3n) is 2.95. The minimum Gasteiger partial charge on any atom is -0.501 e. The number of nitrogens with one attached hydrogen (secondary N) is 1. The Morgan fingerprint density at radius 1 is 1.50 bits per heavy atom. The molecule has 1 atom stereocenters. The van der Waals surface area contributed by atoms with Crippen molar-refractivity contribution in [2.24, 2.45) is 0 Å². The van der Waals surface area contributed by atoms with Gasteiger partial charge in [0.15, 0.2) is 0 Å². The van der Waals surface area contributed by atoms with E-state index in [1.807, 2.05) is 13.2 Å². The summed E-state index contributed by atoms with van der Waals surface area (Å²) < 4.78 is 11.3. The Hall–Kier alpha value is -0.540. The van der Waals surface area contributed by atoms with E-state index in [4.69, 9.17) is 9.47 Å². The fraction of sp³-hybridized carbons (Fsp3) is 0.846. The molecule has 94 valence electrons. The SMILES string of the molecule is CCNC(C1=COCCC1)C(C)(C)OCC. The predicted molar refractivity (Wildman–Crippen MR) is 66.4 cm³/mol. The van der Waals surface area contributed by atoms with Crippen molar-refractivity contribution in [1.29, 1.82) is 0 Å². The monoisotopic (exact) mass is 227 g/mol. The van der Waals surface area contributed by atoms with Gasteiger partial charge in [0, 0.05) is 6.61 Å². The minimum absolute atomic E-state index is 0.183. The number of hydrogen-bond donors (Lipinski definition) is 1. The van der Waals surface area contributed by atoms with Gasteiger partial charge in [-0.15, -0.1) is 0 Å². The van der Waals surface area contributed by atoms with Crippen molar-refractivity contribution >= 4 is 0 Å². The second-order valence-corrected chi connectivity index (χ2v) is 4.69. The molecule has 0 bridgehead atoms. The van der Waals surface area contributed by atoms with Crippen molar-refractivity contribution in [2.75, 3.05) is 19.8 Å². The van der Waals surface area contributed by atoms with E-state index in [-0.39, 0.29) is 11.6 Å². The normalized spacial score (nSPS) is 18.9. The lowest BCUT2D eigenvalue weighted by atomic mass is 9.89. The Balaban J connectivity index is 2.76. The second-order valence-electron chi connectivity index (χ2n) is 4.69. The zero-order valence-electron chi connectivity index (χ0n) is 11.0. The molecule has 0 radical (unpaired) electrons. The summed E-state index contributed by atoms with van der Waals surface area (Å²) in [7, 11) is 0. The van der Waals surface area contributed by atoms with E-state index in [2.05, 4.69) is 26.1 Å². The number of rotatable bonds is 6. The van der Waals surface area contributed by atoms with E-state index in [1.165, 1.54) is 5.57 Å². The van der Waals surface area contributed by atoms with Gasteiger partial charge in [-0.2, -0.15) is 0 Å². The van der Waals surface area contributed by atoms with Crippen molar-refractivity contribution in [2.45, 2.75) is 52.2 Å². The van der Waals surface area contributed by atoms with E-state index in [0.717, 1.165) is 32.6 Å². The standard InChI is InChI=1S/C13H25NO2/c1-5-14-12(13(3,4)16-6-2)11-8-7-9-15-10-11/h10,12,14H,5-9H2,1-4H3. The summed E-state index contributed by atoms with van der Waals surface area (Å²) in [5.41, 5.74) is 1.14. The van der Waals surface area contributed by atoms with Gasteiger partial charge < -0.3 is 14.8 Å². The first kappa shape index (κ1) is 13.5. The van der Waals surface area contributed by atoms with Gasteiger partial charge in [0.1, 0.15) is 0 Å². The average molecular weight is 227 g/mol. The minimum atomic E-state index is -0.183. The van der Waals surface area contributed by atoms with Crippen LogP contribution in [0, 0.1) is 0 Å². The second kappa shape index (κ2) is 6.26. The van der Waals surface area contributed by atoms with Gasteiger partial charge in [0.2, 0.25) is 0 Å². The maximum absolute atomic E-state index is 5.84. The number of hydrogen-bond acceptors (Lipinski definition) is 3. The lowest BCUT2D eigenvalue weighted by molar-refractivity contribution is -0.0312. The molecule has 0 saturated heterocycles. The van der Waals surface area contributed by atoms with E-state index < -0.39 is 0 Å². The smallest absolute Gasteiger partial charge is 0.0876 e. The molecule has 0 aromatic rings. The summed E-state index contributed by atoms with van der Waals surface area (Å²) in [6, 6.07) is 0.248. The Bertz CT molecular complexity index is 236. The van der Waals surface area contributed by atoms with E-state index in [1.54, 1.807) is 0 Å². The van der Waals surface area contributed by atoms with Crippen LogP contribution in [0.3, 0.4) is 0 Å². The largest absolute Gasteiger partial charge is 0.501 e. The van der Waals surface area contributed by atoms with Gasteiger partial charge in [-0.05, 0) is 45.7 Å². The van der Waals surface area contributed by atoms with Gasteiger partial charge in [-0.25, -0.2) is 0 Å². The van der Waals surface area contributed by atoms with Gasteiger partial charge in [0.05, 0.1) is 24.5 Å². The molecule has 0 spiro atoms. The molecule has 0 saturated carbocycles. The van der Waals surface area contributed by atoms with Crippen molar-refractivity contribution in [1.82, 2.24) is 5.32 Å². The van der Waals surface area contributed by atoms with Crippen molar-refractivity contribution in [3.63, 3.8) is 0 Å². The molecule has 16 heavy (non-hydrogen) atoms. The van der Waals surface area contributed by atoms with Gasteiger partial charge in [-0.1, -0.05) is 6.92 Å². The topological polar surface area (TPSA) is 30.5 Å². The fourth-order valence-electron chi connectivity index (χ4n) is 2.28. The predicted octanol–water partition coefficient (Wildman–Crippen LogP) is 2.47. The molecule has 3 heteroatoms. The third-order valence-corrected chi connectivity index (χ3v) is 2.95. The molecule has 0 aromatic heterocycles. The molecular formula is C13H25NO2. The van der Waals surface area contributed by atoms with Crippen LogP contribution in [0.5, 0.6) is 0 Å². The molecule has 1 heterocycles. The first-order valence-electron chi connectivity index (χ1n) is 6.29. The highest BCUT2D eigenvalue weighted by molar-refractivity contribution is 5.15. The fourth-order valence-corrected chi connectivity index (χ4v) is 2.28. The molecule has 1 aliphatic rings. The zero-order valence-corrected chi connectivity index (χ0v) is 11.0. The van der Waals surface area contributed by atoms with Crippen LogP contribution in [0.25, 0.3) is 0 Å². The third kappa shape index (κ3) is 3.49. The van der Waals surface area contributed by atoms with Crippen LogP contribution < -0.4 is 5.32 Å². The van der Waals surface area contributed by atoms with Crippen LogP contribution >= 0.6 is 0 Å². The van der Waals surface area contributed by atoms with Crippen LogP contribution in [0.2, 0.25) is 0 Å². The van der Waals surface area contributed by atoms with E-state index in [9.17, 15) is 0 Å². The van der Waals surface area contributed by atoms with Gasteiger partial charge in [-0.3, -0.25) is 0 Å². The van der Waals surface area contributed by atoms with E-state index >= 15 is 0 Å². The zero-order chi connectivity index (χ0) is 12.0. The molecule has 1 N–H and O–H groups in total. The highest BCUT2D eigenvalue weighted by Gasteiger charge is 2.32. The molecule has 0 fully saturated rings. The summed E-state index contributed by atoms with van der Waals surface area (Å²) in [4.78, 5) is 0. The molecule has 0 aliphatic carbocycles. The average Bonchev–Trinajstić information content (AvgIpc) is 2.27.